The van der Waals surface area contributed by atoms with Gasteiger partial charge in [0.15, 0.2) is 0 Å². The third-order valence-corrected chi connectivity index (χ3v) is 4.12. The first-order valence-electron chi connectivity index (χ1n) is 6.81. The standard InChI is InChI=1S/C15H22N2O2/c1-17(13-5-3-2-4-6-13)14(18)12-7-9-15(19,11-16)10-8-12/h2-6,12,19H,7-11,16H2,1H3. The maximum Gasteiger partial charge on any atom is 0.229 e. The molecule has 1 aliphatic carbocycles. The van der Waals surface area contributed by atoms with Crippen LogP contribution in [0.25, 0.3) is 0 Å². The number of nitrogens with two attached hydrogens (primary N) is 1. The van der Waals surface area contributed by atoms with Gasteiger partial charge in [0.25, 0.3) is 0 Å². The third-order valence-electron chi connectivity index (χ3n) is 4.12. The van der Waals surface area contributed by atoms with Gasteiger partial charge in [0.05, 0.1) is 5.60 Å². The second-order valence-corrected chi connectivity index (χ2v) is 5.44. The highest BCUT2D eigenvalue weighted by Crippen LogP contribution is 2.33. The van der Waals surface area contributed by atoms with Crippen molar-refractivity contribution in [3.8, 4) is 0 Å². The number of aliphatic hydroxyl groups is 1. The summed E-state index contributed by atoms with van der Waals surface area (Å²) in [4.78, 5) is 14.1. The van der Waals surface area contributed by atoms with Crippen molar-refractivity contribution in [1.29, 1.82) is 0 Å². The highest BCUT2D eigenvalue weighted by Gasteiger charge is 2.35. The Balaban J connectivity index is 1.98. The van der Waals surface area contributed by atoms with Crippen LogP contribution in [-0.2, 0) is 4.79 Å². The van der Waals surface area contributed by atoms with Crippen molar-refractivity contribution in [2.45, 2.75) is 31.3 Å². The van der Waals surface area contributed by atoms with Crippen LogP contribution in [0.3, 0.4) is 0 Å². The number of hydrogen-bond acceptors (Lipinski definition) is 3. The van der Waals surface area contributed by atoms with E-state index >= 15 is 0 Å². The van der Waals surface area contributed by atoms with Gasteiger partial charge in [-0.05, 0) is 37.8 Å². The molecule has 104 valence electrons. The average Bonchev–Trinajstić information content (AvgIpc) is 2.47. The van der Waals surface area contributed by atoms with E-state index < -0.39 is 5.60 Å². The number of benzene rings is 1. The molecule has 0 unspecified atom stereocenters. The molecule has 0 atom stereocenters. The summed E-state index contributed by atoms with van der Waals surface area (Å²) in [6, 6.07) is 9.64. The Bertz CT molecular complexity index is 425. The fraction of sp³-hybridized carbons (Fsp3) is 0.533. The molecule has 3 N–H and O–H groups in total. The summed E-state index contributed by atoms with van der Waals surface area (Å²) in [7, 11) is 1.81. The Kier molecular flexibility index (Phi) is 4.22. The van der Waals surface area contributed by atoms with Gasteiger partial charge in [-0.3, -0.25) is 4.79 Å². The third kappa shape index (κ3) is 3.14. The summed E-state index contributed by atoms with van der Waals surface area (Å²) >= 11 is 0. The zero-order valence-corrected chi connectivity index (χ0v) is 11.4. The maximum atomic E-state index is 12.4. The van der Waals surface area contributed by atoms with Crippen LogP contribution in [0.5, 0.6) is 0 Å². The molecule has 0 heterocycles. The van der Waals surface area contributed by atoms with E-state index in [1.54, 1.807) is 11.9 Å². The molecular formula is C15H22N2O2. The van der Waals surface area contributed by atoms with Crippen molar-refractivity contribution in [3.05, 3.63) is 30.3 Å². The van der Waals surface area contributed by atoms with Crippen molar-refractivity contribution >= 4 is 11.6 Å². The predicted octanol–water partition coefficient (Wildman–Crippen LogP) is 1.53. The van der Waals surface area contributed by atoms with Gasteiger partial charge >= 0.3 is 0 Å². The smallest absolute Gasteiger partial charge is 0.229 e. The van der Waals surface area contributed by atoms with Crippen molar-refractivity contribution in [2.24, 2.45) is 11.7 Å². The van der Waals surface area contributed by atoms with Crippen molar-refractivity contribution in [1.82, 2.24) is 0 Å². The van der Waals surface area contributed by atoms with Crippen molar-refractivity contribution < 1.29 is 9.90 Å². The van der Waals surface area contributed by atoms with Gasteiger partial charge in [0.2, 0.25) is 5.91 Å². The Morgan fingerprint density at radius 2 is 1.95 bits per heavy atom. The van der Waals surface area contributed by atoms with Gasteiger partial charge in [-0.2, -0.15) is 0 Å². The lowest BCUT2D eigenvalue weighted by Gasteiger charge is -2.35. The molecular weight excluding hydrogens is 240 g/mol. The molecule has 0 aliphatic heterocycles. The van der Waals surface area contributed by atoms with Crippen LogP contribution in [0.2, 0.25) is 0 Å². The summed E-state index contributed by atoms with van der Waals surface area (Å²) in [5.74, 6) is 0.127. The van der Waals surface area contributed by atoms with Crippen LogP contribution in [0.1, 0.15) is 25.7 Å². The Morgan fingerprint density at radius 3 is 2.47 bits per heavy atom. The maximum absolute atomic E-state index is 12.4. The number of carbonyl (C=O) groups excluding carboxylic acids is 1. The molecule has 0 spiro atoms. The number of amides is 1. The quantitative estimate of drug-likeness (QED) is 0.868. The summed E-state index contributed by atoms with van der Waals surface area (Å²) in [5.41, 5.74) is 5.71. The Labute approximate surface area is 114 Å². The van der Waals surface area contributed by atoms with E-state index in [1.807, 2.05) is 30.3 Å². The van der Waals surface area contributed by atoms with E-state index in [1.165, 1.54) is 0 Å². The van der Waals surface area contributed by atoms with Crippen molar-refractivity contribution in [3.63, 3.8) is 0 Å². The number of para-hydroxylation sites is 1. The monoisotopic (exact) mass is 262 g/mol. The number of rotatable bonds is 3. The molecule has 1 fully saturated rings. The largest absolute Gasteiger partial charge is 0.389 e. The lowest BCUT2D eigenvalue weighted by Crippen LogP contribution is -2.44. The normalized spacial score (nSPS) is 27.0. The Morgan fingerprint density at radius 1 is 1.37 bits per heavy atom. The highest BCUT2D eigenvalue weighted by molar-refractivity contribution is 5.94. The Hall–Kier alpha value is -1.39. The number of nitrogens with zero attached hydrogens (tertiary/aromatic N) is 1. The van der Waals surface area contributed by atoms with Gasteiger partial charge in [-0.25, -0.2) is 0 Å². The fourth-order valence-electron chi connectivity index (χ4n) is 2.66. The van der Waals surface area contributed by atoms with Gasteiger partial charge in [0, 0.05) is 25.2 Å². The molecule has 1 aromatic rings. The first-order chi connectivity index (χ1) is 9.06. The van der Waals surface area contributed by atoms with Crippen molar-refractivity contribution in [2.75, 3.05) is 18.5 Å². The summed E-state index contributed by atoms with van der Waals surface area (Å²) in [6.07, 6.45) is 2.65. The number of anilines is 1. The molecule has 1 amide bonds. The van der Waals surface area contributed by atoms with Crippen LogP contribution >= 0.6 is 0 Å². The van der Waals surface area contributed by atoms with Crippen LogP contribution < -0.4 is 10.6 Å². The molecule has 1 aliphatic rings. The van der Waals surface area contributed by atoms with E-state index in [4.69, 9.17) is 5.73 Å². The van der Waals surface area contributed by atoms with E-state index in [0.29, 0.717) is 25.7 Å². The second-order valence-electron chi connectivity index (χ2n) is 5.44. The van der Waals surface area contributed by atoms with E-state index in [-0.39, 0.29) is 18.4 Å². The fourth-order valence-corrected chi connectivity index (χ4v) is 2.66. The zero-order chi connectivity index (χ0) is 13.9. The van der Waals surface area contributed by atoms with Gasteiger partial charge in [-0.1, -0.05) is 18.2 Å². The molecule has 4 nitrogen and oxygen atoms in total. The topological polar surface area (TPSA) is 66.6 Å². The molecule has 0 radical (unpaired) electrons. The van der Waals surface area contributed by atoms with E-state index in [0.717, 1.165) is 5.69 Å². The zero-order valence-electron chi connectivity index (χ0n) is 11.4. The first-order valence-corrected chi connectivity index (χ1v) is 6.81. The van der Waals surface area contributed by atoms with E-state index in [9.17, 15) is 9.90 Å². The molecule has 0 aromatic heterocycles. The lowest BCUT2D eigenvalue weighted by molar-refractivity contribution is -0.124. The van der Waals surface area contributed by atoms with Crippen LogP contribution in [0.4, 0.5) is 5.69 Å². The lowest BCUT2D eigenvalue weighted by atomic mass is 9.78. The van der Waals surface area contributed by atoms with Crippen LogP contribution in [0.15, 0.2) is 30.3 Å². The predicted molar refractivity (Wildman–Crippen MR) is 75.8 cm³/mol. The number of hydrogen-bond donors (Lipinski definition) is 2. The minimum Gasteiger partial charge on any atom is -0.389 e. The summed E-state index contributed by atoms with van der Waals surface area (Å²) < 4.78 is 0. The van der Waals surface area contributed by atoms with Gasteiger partial charge in [-0.15, -0.1) is 0 Å². The minimum absolute atomic E-state index is 0.00275. The van der Waals surface area contributed by atoms with Crippen LogP contribution in [0, 0.1) is 5.92 Å². The van der Waals surface area contributed by atoms with Gasteiger partial charge in [0.1, 0.15) is 0 Å². The minimum atomic E-state index is -0.762. The number of carbonyl (C=O) groups is 1. The molecule has 1 aromatic carbocycles. The van der Waals surface area contributed by atoms with E-state index in [2.05, 4.69) is 0 Å². The highest BCUT2D eigenvalue weighted by atomic mass is 16.3. The average molecular weight is 262 g/mol. The molecule has 0 bridgehead atoms. The summed E-state index contributed by atoms with van der Waals surface area (Å²) in [5, 5.41) is 10.1. The first kappa shape index (κ1) is 14.0. The molecule has 1 saturated carbocycles. The molecule has 19 heavy (non-hydrogen) atoms. The molecule has 4 heteroatoms. The molecule has 2 rings (SSSR count). The SMILES string of the molecule is CN(C(=O)C1CCC(O)(CN)CC1)c1ccccc1. The second kappa shape index (κ2) is 5.72. The summed E-state index contributed by atoms with van der Waals surface area (Å²) in [6.45, 7) is 0.280. The molecule has 0 saturated heterocycles. The van der Waals surface area contributed by atoms with Crippen LogP contribution in [-0.4, -0.2) is 30.2 Å². The van der Waals surface area contributed by atoms with Gasteiger partial charge < -0.3 is 15.7 Å².